The SMILES string of the molecule is CN1CCCC(NC(=O)N[C@H](C(=O)O)C(C)(C)C)C1. The Labute approximate surface area is 114 Å². The fourth-order valence-corrected chi connectivity index (χ4v) is 2.29. The third-order valence-corrected chi connectivity index (χ3v) is 3.35. The fourth-order valence-electron chi connectivity index (χ4n) is 2.29. The first-order valence-corrected chi connectivity index (χ1v) is 6.68. The molecule has 1 aliphatic rings. The molecule has 110 valence electrons. The summed E-state index contributed by atoms with van der Waals surface area (Å²) in [6.45, 7) is 7.22. The average molecular weight is 271 g/mol. The third-order valence-electron chi connectivity index (χ3n) is 3.35. The number of aliphatic carboxylic acids is 1. The summed E-state index contributed by atoms with van der Waals surface area (Å²) in [5, 5.41) is 14.6. The third kappa shape index (κ3) is 5.06. The number of nitrogens with zero attached hydrogens (tertiary/aromatic N) is 1. The number of nitrogens with one attached hydrogen (secondary N) is 2. The molecule has 1 unspecified atom stereocenters. The summed E-state index contributed by atoms with van der Waals surface area (Å²) in [5.41, 5.74) is -0.521. The van der Waals surface area contributed by atoms with E-state index in [1.807, 2.05) is 7.05 Å². The first-order chi connectivity index (χ1) is 8.70. The highest BCUT2D eigenvalue weighted by molar-refractivity contribution is 5.83. The van der Waals surface area contributed by atoms with Crippen molar-refractivity contribution in [1.82, 2.24) is 15.5 Å². The Morgan fingerprint density at radius 2 is 2.00 bits per heavy atom. The predicted octanol–water partition coefficient (Wildman–Crippen LogP) is 0.879. The lowest BCUT2D eigenvalue weighted by Crippen LogP contribution is -2.56. The Bertz CT molecular complexity index is 339. The number of carboxylic acid groups (broad SMARTS) is 1. The molecule has 6 nitrogen and oxygen atoms in total. The van der Waals surface area contributed by atoms with Crippen LogP contribution in [-0.4, -0.2) is 54.2 Å². The summed E-state index contributed by atoms with van der Waals surface area (Å²) >= 11 is 0. The largest absolute Gasteiger partial charge is 0.480 e. The van der Waals surface area contributed by atoms with E-state index in [9.17, 15) is 9.59 Å². The van der Waals surface area contributed by atoms with Crippen LogP contribution >= 0.6 is 0 Å². The van der Waals surface area contributed by atoms with Gasteiger partial charge in [0.1, 0.15) is 6.04 Å². The number of likely N-dealkylation sites (N-methyl/N-ethyl adjacent to an activating group) is 1. The van der Waals surface area contributed by atoms with Crippen molar-refractivity contribution in [2.45, 2.75) is 45.7 Å². The topological polar surface area (TPSA) is 81.7 Å². The van der Waals surface area contributed by atoms with Gasteiger partial charge in [-0.25, -0.2) is 9.59 Å². The molecule has 19 heavy (non-hydrogen) atoms. The Hall–Kier alpha value is -1.30. The normalized spacial score (nSPS) is 22.6. The molecule has 0 aliphatic carbocycles. The summed E-state index contributed by atoms with van der Waals surface area (Å²) < 4.78 is 0. The highest BCUT2D eigenvalue weighted by atomic mass is 16.4. The Morgan fingerprint density at radius 3 is 2.47 bits per heavy atom. The number of hydrogen-bond donors (Lipinski definition) is 3. The second-order valence-corrected chi connectivity index (χ2v) is 6.36. The molecule has 6 heteroatoms. The summed E-state index contributed by atoms with van der Waals surface area (Å²) in [4.78, 5) is 25.2. The van der Waals surface area contributed by atoms with Gasteiger partial charge in [0, 0.05) is 12.6 Å². The van der Waals surface area contributed by atoms with Crippen molar-refractivity contribution in [2.24, 2.45) is 5.41 Å². The maximum Gasteiger partial charge on any atom is 0.326 e. The number of carbonyl (C=O) groups excluding carboxylic acids is 1. The number of likely N-dealkylation sites (tertiary alicyclic amines) is 1. The first kappa shape index (κ1) is 15.8. The van der Waals surface area contributed by atoms with Gasteiger partial charge in [-0.1, -0.05) is 20.8 Å². The van der Waals surface area contributed by atoms with Crippen LogP contribution in [0.4, 0.5) is 4.79 Å². The Balaban J connectivity index is 2.51. The highest BCUT2D eigenvalue weighted by Gasteiger charge is 2.33. The van der Waals surface area contributed by atoms with Crippen LogP contribution in [0.1, 0.15) is 33.6 Å². The van der Waals surface area contributed by atoms with Crippen LogP contribution in [0.15, 0.2) is 0 Å². The Kier molecular flexibility index (Phi) is 5.17. The number of carbonyl (C=O) groups is 2. The summed E-state index contributed by atoms with van der Waals surface area (Å²) in [7, 11) is 2.01. The number of amides is 2. The van der Waals surface area contributed by atoms with E-state index in [4.69, 9.17) is 5.11 Å². The van der Waals surface area contributed by atoms with Gasteiger partial charge < -0.3 is 20.6 Å². The standard InChI is InChI=1S/C13H25N3O3/c1-13(2,3)10(11(17)18)15-12(19)14-9-6-5-7-16(4)8-9/h9-10H,5-8H2,1-4H3,(H,17,18)(H2,14,15,19)/t9?,10-/m1/s1. The van der Waals surface area contributed by atoms with Crippen molar-refractivity contribution in [3.63, 3.8) is 0 Å². The van der Waals surface area contributed by atoms with Gasteiger partial charge in [-0.2, -0.15) is 0 Å². The van der Waals surface area contributed by atoms with Gasteiger partial charge in [0.15, 0.2) is 0 Å². The minimum atomic E-state index is -1.01. The molecule has 2 atom stereocenters. The quantitative estimate of drug-likeness (QED) is 0.711. The van der Waals surface area contributed by atoms with Gasteiger partial charge in [0.2, 0.25) is 0 Å². The van der Waals surface area contributed by atoms with Crippen molar-refractivity contribution < 1.29 is 14.7 Å². The van der Waals surface area contributed by atoms with Crippen molar-refractivity contribution in [3.05, 3.63) is 0 Å². The molecule has 1 heterocycles. The molecule has 1 rings (SSSR count). The second-order valence-electron chi connectivity index (χ2n) is 6.36. The van der Waals surface area contributed by atoms with Gasteiger partial charge in [0.25, 0.3) is 0 Å². The van der Waals surface area contributed by atoms with Crippen LogP contribution in [0, 0.1) is 5.41 Å². The van der Waals surface area contributed by atoms with Gasteiger partial charge in [-0.15, -0.1) is 0 Å². The van der Waals surface area contributed by atoms with E-state index in [0.717, 1.165) is 25.9 Å². The number of hydrogen-bond acceptors (Lipinski definition) is 3. The van der Waals surface area contributed by atoms with E-state index < -0.39 is 23.5 Å². The fraction of sp³-hybridized carbons (Fsp3) is 0.846. The van der Waals surface area contributed by atoms with E-state index in [-0.39, 0.29) is 6.04 Å². The van der Waals surface area contributed by atoms with Crippen LogP contribution in [-0.2, 0) is 4.79 Å². The molecule has 0 radical (unpaired) electrons. The molecule has 0 bridgehead atoms. The predicted molar refractivity (Wildman–Crippen MR) is 73.1 cm³/mol. The zero-order chi connectivity index (χ0) is 14.6. The number of piperidine rings is 1. The first-order valence-electron chi connectivity index (χ1n) is 6.68. The van der Waals surface area contributed by atoms with Crippen LogP contribution < -0.4 is 10.6 Å². The molecule has 1 fully saturated rings. The number of rotatable bonds is 3. The van der Waals surface area contributed by atoms with Crippen LogP contribution in [0.5, 0.6) is 0 Å². The van der Waals surface area contributed by atoms with Crippen molar-refractivity contribution in [3.8, 4) is 0 Å². The number of carboxylic acids is 1. The maximum absolute atomic E-state index is 11.9. The van der Waals surface area contributed by atoms with Crippen molar-refractivity contribution in [2.75, 3.05) is 20.1 Å². The lowest BCUT2D eigenvalue weighted by Gasteiger charge is -2.32. The van der Waals surface area contributed by atoms with E-state index in [1.54, 1.807) is 20.8 Å². The van der Waals surface area contributed by atoms with Crippen LogP contribution in [0.25, 0.3) is 0 Å². The summed E-state index contributed by atoms with van der Waals surface area (Å²) in [6, 6.07) is -1.20. The van der Waals surface area contributed by atoms with Crippen molar-refractivity contribution in [1.29, 1.82) is 0 Å². The van der Waals surface area contributed by atoms with E-state index in [0.29, 0.717) is 0 Å². The molecule has 0 spiro atoms. The second kappa shape index (κ2) is 6.23. The zero-order valence-corrected chi connectivity index (χ0v) is 12.2. The molecule has 0 aromatic rings. The molecule has 1 aliphatic heterocycles. The van der Waals surface area contributed by atoms with Gasteiger partial charge in [-0.05, 0) is 31.8 Å². The minimum Gasteiger partial charge on any atom is -0.480 e. The van der Waals surface area contributed by atoms with Gasteiger partial charge >= 0.3 is 12.0 Å². The molecule has 2 amide bonds. The summed E-state index contributed by atoms with van der Waals surface area (Å²) in [5.74, 6) is -1.01. The average Bonchev–Trinajstić information content (AvgIpc) is 2.24. The van der Waals surface area contributed by atoms with Crippen molar-refractivity contribution >= 4 is 12.0 Å². The highest BCUT2D eigenvalue weighted by Crippen LogP contribution is 2.19. The lowest BCUT2D eigenvalue weighted by molar-refractivity contribution is -0.141. The smallest absolute Gasteiger partial charge is 0.326 e. The van der Waals surface area contributed by atoms with Crippen LogP contribution in [0.3, 0.4) is 0 Å². The van der Waals surface area contributed by atoms with E-state index >= 15 is 0 Å². The summed E-state index contributed by atoms with van der Waals surface area (Å²) in [6.07, 6.45) is 1.98. The van der Waals surface area contributed by atoms with Crippen LogP contribution in [0.2, 0.25) is 0 Å². The molecular formula is C13H25N3O3. The van der Waals surface area contributed by atoms with Gasteiger partial charge in [0.05, 0.1) is 0 Å². The lowest BCUT2D eigenvalue weighted by atomic mass is 9.87. The molecule has 1 saturated heterocycles. The Morgan fingerprint density at radius 1 is 1.37 bits per heavy atom. The monoisotopic (exact) mass is 271 g/mol. The zero-order valence-electron chi connectivity index (χ0n) is 12.2. The molecule has 0 saturated carbocycles. The maximum atomic E-state index is 11.9. The van der Waals surface area contributed by atoms with Gasteiger partial charge in [-0.3, -0.25) is 0 Å². The van der Waals surface area contributed by atoms with E-state index in [1.165, 1.54) is 0 Å². The molecule has 3 N–H and O–H groups in total. The molecular weight excluding hydrogens is 246 g/mol. The number of urea groups is 1. The molecule has 0 aromatic heterocycles. The minimum absolute atomic E-state index is 0.0909. The molecule has 0 aromatic carbocycles. The van der Waals surface area contributed by atoms with E-state index in [2.05, 4.69) is 15.5 Å².